The van der Waals surface area contributed by atoms with Crippen molar-refractivity contribution in [3.05, 3.63) is 35.4 Å². The van der Waals surface area contributed by atoms with Gasteiger partial charge in [-0.3, -0.25) is 4.79 Å². The fraction of sp³-hybridized carbons (Fsp3) is 0.533. The third kappa shape index (κ3) is 4.49. The van der Waals surface area contributed by atoms with E-state index in [1.165, 1.54) is 5.56 Å². The zero-order chi connectivity index (χ0) is 13.5. The molecule has 0 heterocycles. The lowest BCUT2D eigenvalue weighted by atomic mass is 10.0. The van der Waals surface area contributed by atoms with Crippen molar-refractivity contribution >= 4 is 5.91 Å². The van der Waals surface area contributed by atoms with Crippen LogP contribution >= 0.6 is 0 Å². The summed E-state index contributed by atoms with van der Waals surface area (Å²) in [6.07, 6.45) is 1.46. The average molecular weight is 248 g/mol. The molecule has 1 unspecified atom stereocenters. The van der Waals surface area contributed by atoms with Crippen molar-refractivity contribution < 1.29 is 4.79 Å². The number of aryl methyl sites for hydroxylation is 1. The number of hydrogen-bond acceptors (Lipinski definition) is 2. The van der Waals surface area contributed by atoms with Crippen molar-refractivity contribution in [2.75, 3.05) is 6.54 Å². The van der Waals surface area contributed by atoms with Gasteiger partial charge in [-0.2, -0.15) is 0 Å². The second kappa shape index (κ2) is 7.17. The van der Waals surface area contributed by atoms with Crippen LogP contribution < -0.4 is 11.1 Å². The largest absolute Gasteiger partial charge is 0.350 e. The molecule has 0 aliphatic heterocycles. The average Bonchev–Trinajstić information content (AvgIpc) is 2.35. The molecule has 100 valence electrons. The minimum absolute atomic E-state index is 0.0488. The molecule has 0 saturated heterocycles. The summed E-state index contributed by atoms with van der Waals surface area (Å²) in [5.41, 5.74) is 7.97. The van der Waals surface area contributed by atoms with Crippen molar-refractivity contribution in [1.29, 1.82) is 0 Å². The Morgan fingerprint density at radius 3 is 2.72 bits per heavy atom. The fourth-order valence-corrected chi connectivity index (χ4v) is 1.98. The summed E-state index contributed by atoms with van der Waals surface area (Å²) in [6.45, 7) is 6.70. The highest BCUT2D eigenvalue weighted by Crippen LogP contribution is 2.14. The van der Waals surface area contributed by atoms with Gasteiger partial charge in [0, 0.05) is 6.42 Å². The first kappa shape index (κ1) is 14.7. The maximum atomic E-state index is 11.9. The molecule has 2 atom stereocenters. The van der Waals surface area contributed by atoms with E-state index < -0.39 is 0 Å². The van der Waals surface area contributed by atoms with Crippen LogP contribution in [-0.2, 0) is 4.79 Å². The third-order valence-corrected chi connectivity index (χ3v) is 3.30. The summed E-state index contributed by atoms with van der Waals surface area (Å²) in [4.78, 5) is 11.9. The van der Waals surface area contributed by atoms with E-state index in [0.29, 0.717) is 13.0 Å². The van der Waals surface area contributed by atoms with Crippen LogP contribution in [0.4, 0.5) is 0 Å². The number of rotatable bonds is 6. The molecule has 0 spiro atoms. The number of amides is 1. The van der Waals surface area contributed by atoms with Crippen LogP contribution in [0.25, 0.3) is 0 Å². The predicted octanol–water partition coefficient (Wildman–Crippen LogP) is 2.55. The van der Waals surface area contributed by atoms with Gasteiger partial charge in [-0.25, -0.2) is 0 Å². The molecule has 3 nitrogen and oxygen atoms in total. The molecule has 0 radical (unpaired) electrons. The number of carbonyl (C=O) groups excluding carboxylic acids is 1. The number of nitrogens with two attached hydrogens (primary N) is 1. The van der Waals surface area contributed by atoms with Crippen LogP contribution in [0.15, 0.2) is 24.3 Å². The fourth-order valence-electron chi connectivity index (χ4n) is 1.98. The predicted molar refractivity (Wildman–Crippen MR) is 75.2 cm³/mol. The molecule has 1 amide bonds. The van der Waals surface area contributed by atoms with Gasteiger partial charge < -0.3 is 11.1 Å². The highest BCUT2D eigenvalue weighted by atomic mass is 16.1. The Labute approximate surface area is 110 Å². The molecule has 0 saturated carbocycles. The Morgan fingerprint density at radius 2 is 2.17 bits per heavy atom. The number of hydrogen-bond donors (Lipinski definition) is 2. The summed E-state index contributed by atoms with van der Waals surface area (Å²) in [5.74, 6) is 0.371. The van der Waals surface area contributed by atoms with Gasteiger partial charge in [-0.05, 0) is 31.9 Å². The Kier molecular flexibility index (Phi) is 5.86. The summed E-state index contributed by atoms with van der Waals surface area (Å²) < 4.78 is 0. The smallest absolute Gasteiger partial charge is 0.220 e. The molecular weight excluding hydrogens is 224 g/mol. The Balaban J connectivity index is 2.54. The zero-order valence-electron chi connectivity index (χ0n) is 11.6. The lowest BCUT2D eigenvalue weighted by molar-refractivity contribution is -0.122. The standard InChI is InChI=1S/C15H24N2O/c1-4-13(10-16)9-15(18)17-12(3)14-7-5-6-11(2)8-14/h5-8,12-13H,4,9-10,16H2,1-3H3,(H,17,18)/t12-,13?/m1/s1. The van der Waals surface area contributed by atoms with E-state index in [2.05, 4.69) is 31.3 Å². The summed E-state index contributed by atoms with van der Waals surface area (Å²) in [6, 6.07) is 8.26. The summed E-state index contributed by atoms with van der Waals surface area (Å²) >= 11 is 0. The first-order valence-corrected chi connectivity index (χ1v) is 6.62. The van der Waals surface area contributed by atoms with Crippen LogP contribution in [0.5, 0.6) is 0 Å². The molecule has 1 aromatic carbocycles. The lowest BCUT2D eigenvalue weighted by Gasteiger charge is -2.17. The molecule has 0 bridgehead atoms. The van der Waals surface area contributed by atoms with Crippen LogP contribution in [0.1, 0.15) is 43.9 Å². The normalized spacial score (nSPS) is 14.0. The third-order valence-electron chi connectivity index (χ3n) is 3.30. The molecule has 0 aromatic heterocycles. The second-order valence-electron chi connectivity index (χ2n) is 4.92. The Hall–Kier alpha value is -1.35. The highest BCUT2D eigenvalue weighted by Gasteiger charge is 2.13. The van der Waals surface area contributed by atoms with E-state index in [-0.39, 0.29) is 17.9 Å². The van der Waals surface area contributed by atoms with Gasteiger partial charge in [-0.15, -0.1) is 0 Å². The monoisotopic (exact) mass is 248 g/mol. The number of carbonyl (C=O) groups is 1. The van der Waals surface area contributed by atoms with E-state index in [0.717, 1.165) is 12.0 Å². The molecule has 3 N–H and O–H groups in total. The Morgan fingerprint density at radius 1 is 1.44 bits per heavy atom. The first-order chi connectivity index (χ1) is 8.56. The van der Waals surface area contributed by atoms with E-state index in [1.54, 1.807) is 0 Å². The van der Waals surface area contributed by atoms with Crippen molar-refractivity contribution in [3.8, 4) is 0 Å². The van der Waals surface area contributed by atoms with Gasteiger partial charge >= 0.3 is 0 Å². The van der Waals surface area contributed by atoms with Gasteiger partial charge in [0.25, 0.3) is 0 Å². The van der Waals surface area contributed by atoms with Crippen LogP contribution in [0.2, 0.25) is 0 Å². The summed E-state index contributed by atoms with van der Waals surface area (Å²) in [7, 11) is 0. The van der Waals surface area contributed by atoms with Crippen molar-refractivity contribution in [2.45, 2.75) is 39.7 Å². The molecule has 1 aromatic rings. The molecule has 1 rings (SSSR count). The summed E-state index contributed by atoms with van der Waals surface area (Å²) in [5, 5.41) is 3.03. The van der Waals surface area contributed by atoms with E-state index in [4.69, 9.17) is 5.73 Å². The maximum Gasteiger partial charge on any atom is 0.220 e. The van der Waals surface area contributed by atoms with Gasteiger partial charge in [-0.1, -0.05) is 43.2 Å². The van der Waals surface area contributed by atoms with Gasteiger partial charge in [0.2, 0.25) is 5.91 Å². The van der Waals surface area contributed by atoms with Crippen molar-refractivity contribution in [2.24, 2.45) is 11.7 Å². The zero-order valence-corrected chi connectivity index (χ0v) is 11.6. The quantitative estimate of drug-likeness (QED) is 0.813. The topological polar surface area (TPSA) is 55.1 Å². The molecule has 0 fully saturated rings. The van der Waals surface area contributed by atoms with Crippen LogP contribution in [0, 0.1) is 12.8 Å². The van der Waals surface area contributed by atoms with Crippen molar-refractivity contribution in [1.82, 2.24) is 5.32 Å². The lowest BCUT2D eigenvalue weighted by Crippen LogP contribution is -2.30. The molecular formula is C15H24N2O. The van der Waals surface area contributed by atoms with E-state index in [1.807, 2.05) is 19.1 Å². The molecule has 3 heteroatoms. The van der Waals surface area contributed by atoms with Gasteiger partial charge in [0.05, 0.1) is 6.04 Å². The second-order valence-corrected chi connectivity index (χ2v) is 4.92. The molecule has 18 heavy (non-hydrogen) atoms. The minimum Gasteiger partial charge on any atom is -0.350 e. The van der Waals surface area contributed by atoms with Gasteiger partial charge in [0.1, 0.15) is 0 Å². The Bertz CT molecular complexity index is 386. The maximum absolute atomic E-state index is 11.9. The molecule has 0 aliphatic carbocycles. The highest BCUT2D eigenvalue weighted by molar-refractivity contribution is 5.76. The van der Waals surface area contributed by atoms with Crippen molar-refractivity contribution in [3.63, 3.8) is 0 Å². The number of nitrogens with one attached hydrogen (secondary N) is 1. The minimum atomic E-state index is 0.0488. The van der Waals surface area contributed by atoms with Gasteiger partial charge in [0.15, 0.2) is 0 Å². The van der Waals surface area contributed by atoms with E-state index in [9.17, 15) is 4.79 Å². The van der Waals surface area contributed by atoms with Crippen LogP contribution in [0.3, 0.4) is 0 Å². The van der Waals surface area contributed by atoms with E-state index >= 15 is 0 Å². The SMILES string of the molecule is CCC(CN)CC(=O)N[C@H](C)c1cccc(C)c1. The molecule has 0 aliphatic rings. The van der Waals surface area contributed by atoms with Crippen LogP contribution in [-0.4, -0.2) is 12.5 Å². The number of benzene rings is 1. The first-order valence-electron chi connectivity index (χ1n) is 6.62.